The van der Waals surface area contributed by atoms with Gasteiger partial charge in [0.05, 0.1) is 24.2 Å². The molecule has 1 N–H and O–H groups in total. The molecule has 5 nitrogen and oxygen atoms in total. The molecule has 2 aromatic heterocycles. The summed E-state index contributed by atoms with van der Waals surface area (Å²) in [6, 6.07) is 2.13. The summed E-state index contributed by atoms with van der Waals surface area (Å²) in [5.74, 6) is 1.02. The molecule has 2 rings (SSSR count). The van der Waals surface area contributed by atoms with Gasteiger partial charge in [-0.3, -0.25) is 0 Å². The third-order valence-corrected chi connectivity index (χ3v) is 3.20. The van der Waals surface area contributed by atoms with Crippen LogP contribution in [0.2, 0.25) is 0 Å². The van der Waals surface area contributed by atoms with Gasteiger partial charge in [-0.05, 0) is 19.0 Å². The Labute approximate surface area is 114 Å². The summed E-state index contributed by atoms with van der Waals surface area (Å²) < 4.78 is 7.52. The van der Waals surface area contributed by atoms with Crippen molar-refractivity contribution in [3.8, 4) is 0 Å². The van der Waals surface area contributed by atoms with E-state index in [1.54, 1.807) is 6.26 Å². The number of hydrogen-bond acceptors (Lipinski definition) is 4. The van der Waals surface area contributed by atoms with Crippen molar-refractivity contribution < 1.29 is 4.42 Å². The van der Waals surface area contributed by atoms with Crippen LogP contribution in [-0.2, 0) is 13.0 Å². The molecule has 5 heteroatoms. The average molecular weight is 262 g/mol. The minimum absolute atomic E-state index is 0.0975. The van der Waals surface area contributed by atoms with Crippen LogP contribution in [0, 0.1) is 0 Å². The van der Waals surface area contributed by atoms with Gasteiger partial charge in [0, 0.05) is 18.5 Å². The zero-order chi connectivity index (χ0) is 13.7. The number of hydrogen-bond donors (Lipinski definition) is 1. The van der Waals surface area contributed by atoms with Crippen molar-refractivity contribution in [1.82, 2.24) is 20.3 Å². The van der Waals surface area contributed by atoms with E-state index in [0.29, 0.717) is 0 Å². The molecule has 0 radical (unpaired) electrons. The van der Waals surface area contributed by atoms with Gasteiger partial charge >= 0.3 is 0 Å². The first-order valence-corrected chi connectivity index (χ1v) is 6.99. The molecule has 0 fully saturated rings. The lowest BCUT2D eigenvalue weighted by molar-refractivity contribution is 0.485. The van der Waals surface area contributed by atoms with Crippen LogP contribution in [0.25, 0.3) is 0 Å². The van der Waals surface area contributed by atoms with Crippen molar-refractivity contribution >= 4 is 0 Å². The molecule has 0 aliphatic heterocycles. The molecular formula is C14H22N4O. The van der Waals surface area contributed by atoms with E-state index in [2.05, 4.69) is 36.4 Å². The van der Waals surface area contributed by atoms with Crippen molar-refractivity contribution in [2.45, 2.75) is 46.2 Å². The fourth-order valence-corrected chi connectivity index (χ4v) is 2.35. The predicted octanol–water partition coefficient (Wildman–Crippen LogP) is 2.54. The SMILES string of the molecule is CCCn1nncc1C(NCC)c1ccoc1CC. The van der Waals surface area contributed by atoms with Crippen molar-refractivity contribution in [2.24, 2.45) is 0 Å². The third-order valence-electron chi connectivity index (χ3n) is 3.20. The first kappa shape index (κ1) is 13.8. The van der Waals surface area contributed by atoms with Crippen molar-refractivity contribution in [3.05, 3.63) is 35.5 Å². The Kier molecular flexibility index (Phi) is 4.74. The van der Waals surface area contributed by atoms with E-state index in [0.717, 1.165) is 37.4 Å². The lowest BCUT2D eigenvalue weighted by Gasteiger charge is -2.18. The monoisotopic (exact) mass is 262 g/mol. The largest absolute Gasteiger partial charge is 0.469 e. The Morgan fingerprint density at radius 1 is 1.37 bits per heavy atom. The Hall–Kier alpha value is -1.62. The highest BCUT2D eigenvalue weighted by Crippen LogP contribution is 2.26. The topological polar surface area (TPSA) is 55.9 Å². The molecule has 0 spiro atoms. The zero-order valence-corrected chi connectivity index (χ0v) is 11.9. The van der Waals surface area contributed by atoms with E-state index in [1.165, 1.54) is 5.56 Å². The summed E-state index contributed by atoms with van der Waals surface area (Å²) >= 11 is 0. The van der Waals surface area contributed by atoms with Gasteiger partial charge in [0.25, 0.3) is 0 Å². The fraction of sp³-hybridized carbons (Fsp3) is 0.571. The van der Waals surface area contributed by atoms with E-state index in [9.17, 15) is 0 Å². The Bertz CT molecular complexity index is 503. The van der Waals surface area contributed by atoms with E-state index in [-0.39, 0.29) is 6.04 Å². The van der Waals surface area contributed by atoms with Crippen LogP contribution in [0.15, 0.2) is 22.9 Å². The van der Waals surface area contributed by atoms with Crippen molar-refractivity contribution in [1.29, 1.82) is 0 Å². The van der Waals surface area contributed by atoms with Crippen molar-refractivity contribution in [3.63, 3.8) is 0 Å². The number of nitrogens with zero attached hydrogens (tertiary/aromatic N) is 3. The highest BCUT2D eigenvalue weighted by atomic mass is 16.3. The Morgan fingerprint density at radius 2 is 2.21 bits per heavy atom. The molecule has 0 saturated carbocycles. The molecule has 0 aromatic carbocycles. The van der Waals surface area contributed by atoms with Gasteiger partial charge in [-0.25, -0.2) is 4.68 Å². The lowest BCUT2D eigenvalue weighted by atomic mass is 10.0. The van der Waals surface area contributed by atoms with Gasteiger partial charge in [-0.15, -0.1) is 5.10 Å². The maximum absolute atomic E-state index is 5.55. The average Bonchev–Trinajstić information content (AvgIpc) is 3.05. The lowest BCUT2D eigenvalue weighted by Crippen LogP contribution is -2.25. The van der Waals surface area contributed by atoms with E-state index >= 15 is 0 Å². The van der Waals surface area contributed by atoms with E-state index in [4.69, 9.17) is 4.42 Å². The van der Waals surface area contributed by atoms with E-state index < -0.39 is 0 Å². The van der Waals surface area contributed by atoms with E-state index in [1.807, 2.05) is 16.9 Å². The molecular weight excluding hydrogens is 240 g/mol. The van der Waals surface area contributed by atoms with Crippen LogP contribution < -0.4 is 5.32 Å². The summed E-state index contributed by atoms with van der Waals surface area (Å²) in [6.45, 7) is 8.12. The van der Waals surface area contributed by atoms with Gasteiger partial charge in [0.15, 0.2) is 0 Å². The fourth-order valence-electron chi connectivity index (χ4n) is 2.35. The molecule has 2 aromatic rings. The second-order valence-corrected chi connectivity index (χ2v) is 4.53. The van der Waals surface area contributed by atoms with Gasteiger partial charge in [0.1, 0.15) is 5.76 Å². The summed E-state index contributed by atoms with van der Waals surface area (Å²) in [5.41, 5.74) is 2.28. The molecule has 0 amide bonds. The summed E-state index contributed by atoms with van der Waals surface area (Å²) in [7, 11) is 0. The zero-order valence-electron chi connectivity index (χ0n) is 11.9. The maximum atomic E-state index is 5.55. The molecule has 19 heavy (non-hydrogen) atoms. The third kappa shape index (κ3) is 2.87. The highest BCUT2D eigenvalue weighted by Gasteiger charge is 2.22. The summed E-state index contributed by atoms with van der Waals surface area (Å²) in [6.07, 6.45) is 5.53. The van der Waals surface area contributed by atoms with Gasteiger partial charge < -0.3 is 9.73 Å². The second kappa shape index (κ2) is 6.52. The predicted molar refractivity (Wildman–Crippen MR) is 73.9 cm³/mol. The van der Waals surface area contributed by atoms with Gasteiger partial charge in [-0.2, -0.15) is 0 Å². The summed E-state index contributed by atoms with van der Waals surface area (Å²) in [5, 5.41) is 11.7. The van der Waals surface area contributed by atoms with Gasteiger partial charge in [0.2, 0.25) is 0 Å². The number of rotatable bonds is 7. The molecule has 104 valence electrons. The van der Waals surface area contributed by atoms with Crippen LogP contribution in [0.5, 0.6) is 0 Å². The molecule has 0 bridgehead atoms. The highest BCUT2D eigenvalue weighted by molar-refractivity contribution is 5.29. The first-order valence-electron chi connectivity index (χ1n) is 6.99. The minimum atomic E-state index is 0.0975. The van der Waals surface area contributed by atoms with Crippen molar-refractivity contribution in [2.75, 3.05) is 6.54 Å². The van der Waals surface area contributed by atoms with Crippen LogP contribution in [-0.4, -0.2) is 21.5 Å². The van der Waals surface area contributed by atoms with Crippen LogP contribution >= 0.6 is 0 Å². The number of nitrogens with one attached hydrogen (secondary N) is 1. The number of aromatic nitrogens is 3. The smallest absolute Gasteiger partial charge is 0.108 e. The maximum Gasteiger partial charge on any atom is 0.108 e. The Balaban J connectivity index is 2.36. The van der Waals surface area contributed by atoms with Crippen LogP contribution in [0.1, 0.15) is 50.3 Å². The quantitative estimate of drug-likeness (QED) is 0.833. The standard InChI is InChI=1S/C14H22N4O/c1-4-8-18-12(10-16-17-18)14(15-6-3)11-7-9-19-13(11)5-2/h7,9-10,14-15H,4-6,8H2,1-3H3. The Morgan fingerprint density at radius 3 is 2.89 bits per heavy atom. The second-order valence-electron chi connectivity index (χ2n) is 4.53. The molecule has 2 heterocycles. The van der Waals surface area contributed by atoms with Crippen LogP contribution in [0.3, 0.4) is 0 Å². The normalized spacial score (nSPS) is 12.8. The molecule has 0 saturated heterocycles. The molecule has 0 aliphatic carbocycles. The molecule has 1 unspecified atom stereocenters. The van der Waals surface area contributed by atoms with Crippen LogP contribution in [0.4, 0.5) is 0 Å². The van der Waals surface area contributed by atoms with Gasteiger partial charge in [-0.1, -0.05) is 26.0 Å². The first-order chi connectivity index (χ1) is 9.31. The summed E-state index contributed by atoms with van der Waals surface area (Å²) in [4.78, 5) is 0. The molecule has 0 aliphatic rings. The molecule has 1 atom stereocenters. The minimum Gasteiger partial charge on any atom is -0.469 e. The number of furan rings is 1. The number of aryl methyl sites for hydroxylation is 2.